The number of aromatic amines is 1. The van der Waals surface area contributed by atoms with Crippen molar-refractivity contribution in [3.63, 3.8) is 0 Å². The van der Waals surface area contributed by atoms with Crippen LogP contribution >= 0.6 is 27.3 Å². The number of H-pyrrole nitrogens is 1. The first kappa shape index (κ1) is 20.3. The molecular formula is C24H22BrN3O2S. The van der Waals surface area contributed by atoms with Crippen LogP contribution in [-0.2, 0) is 24.2 Å². The van der Waals surface area contributed by atoms with Crippen LogP contribution in [0.3, 0.4) is 0 Å². The van der Waals surface area contributed by atoms with Crippen LogP contribution in [0.5, 0.6) is 5.75 Å². The van der Waals surface area contributed by atoms with Gasteiger partial charge in [-0.2, -0.15) is 0 Å². The highest BCUT2D eigenvalue weighted by atomic mass is 79.9. The number of amides is 1. The van der Waals surface area contributed by atoms with E-state index >= 15 is 0 Å². The quantitative estimate of drug-likeness (QED) is 0.393. The van der Waals surface area contributed by atoms with Gasteiger partial charge in [-0.25, -0.2) is 4.98 Å². The molecule has 0 atom stereocenters. The minimum Gasteiger partial charge on any atom is -0.494 e. The zero-order valence-corrected chi connectivity index (χ0v) is 19.6. The summed E-state index contributed by atoms with van der Waals surface area (Å²) in [6.45, 7) is 3.99. The van der Waals surface area contributed by atoms with E-state index in [9.17, 15) is 4.79 Å². The number of hydrogen-bond acceptors (Lipinski definition) is 4. The Morgan fingerprint density at radius 2 is 2.10 bits per heavy atom. The lowest BCUT2D eigenvalue weighted by Crippen LogP contribution is -2.36. The first-order chi connectivity index (χ1) is 15.1. The van der Waals surface area contributed by atoms with Crippen molar-refractivity contribution >= 4 is 44.1 Å². The van der Waals surface area contributed by atoms with Crippen molar-refractivity contribution in [3.8, 4) is 16.3 Å². The Hall–Kier alpha value is -2.64. The minimum atomic E-state index is 0.124. The summed E-state index contributed by atoms with van der Waals surface area (Å²) < 4.78 is 6.56. The molecule has 0 fully saturated rings. The van der Waals surface area contributed by atoms with Crippen molar-refractivity contribution in [1.29, 1.82) is 0 Å². The SMILES string of the molecule is CCOc1ccc(-c2nc(CC(=O)N3CCc4[nH]c5c(Br)cccc5c4C3)cs2)cc1. The number of carbonyl (C=O) groups is 1. The molecule has 0 unspecified atom stereocenters. The molecule has 2 aromatic heterocycles. The third-order valence-corrected chi connectivity index (χ3v) is 7.21. The fourth-order valence-corrected chi connectivity index (χ4v) is 5.35. The number of hydrogen-bond donors (Lipinski definition) is 1. The number of aromatic nitrogens is 2. The Morgan fingerprint density at radius 1 is 1.26 bits per heavy atom. The highest BCUT2D eigenvalue weighted by Gasteiger charge is 2.25. The summed E-state index contributed by atoms with van der Waals surface area (Å²) in [5, 5.41) is 4.10. The Bertz CT molecular complexity index is 1250. The van der Waals surface area contributed by atoms with Gasteiger partial charge in [0.05, 0.1) is 24.2 Å². The van der Waals surface area contributed by atoms with Crippen molar-refractivity contribution < 1.29 is 9.53 Å². The minimum absolute atomic E-state index is 0.124. The van der Waals surface area contributed by atoms with Crippen LogP contribution in [-0.4, -0.2) is 33.9 Å². The maximum Gasteiger partial charge on any atom is 0.228 e. The average Bonchev–Trinajstić information content (AvgIpc) is 3.39. The molecule has 158 valence electrons. The van der Waals surface area contributed by atoms with Gasteiger partial charge in [0, 0.05) is 51.6 Å². The fraction of sp³-hybridized carbons (Fsp3) is 0.250. The number of carbonyl (C=O) groups excluding carboxylic acids is 1. The molecule has 1 amide bonds. The normalized spacial score (nSPS) is 13.4. The van der Waals surface area contributed by atoms with Gasteiger partial charge >= 0.3 is 0 Å². The van der Waals surface area contributed by atoms with Crippen LogP contribution in [0.2, 0.25) is 0 Å². The van der Waals surface area contributed by atoms with E-state index in [-0.39, 0.29) is 5.91 Å². The summed E-state index contributed by atoms with van der Waals surface area (Å²) in [6.07, 6.45) is 1.17. The summed E-state index contributed by atoms with van der Waals surface area (Å²) in [5.41, 5.74) is 5.44. The van der Waals surface area contributed by atoms with Crippen molar-refractivity contribution in [3.05, 3.63) is 69.3 Å². The zero-order chi connectivity index (χ0) is 21.4. The van der Waals surface area contributed by atoms with E-state index < -0.39 is 0 Å². The molecule has 7 heteroatoms. The number of benzene rings is 2. The van der Waals surface area contributed by atoms with Crippen LogP contribution in [0, 0.1) is 0 Å². The topological polar surface area (TPSA) is 58.2 Å². The molecule has 5 nitrogen and oxygen atoms in total. The summed E-state index contributed by atoms with van der Waals surface area (Å²) in [7, 11) is 0. The Kier molecular flexibility index (Phi) is 5.54. The summed E-state index contributed by atoms with van der Waals surface area (Å²) in [5.74, 6) is 0.977. The van der Waals surface area contributed by atoms with E-state index in [4.69, 9.17) is 9.72 Å². The first-order valence-electron chi connectivity index (χ1n) is 10.4. The molecular weight excluding hydrogens is 474 g/mol. The number of nitrogens with zero attached hydrogens (tertiary/aromatic N) is 2. The van der Waals surface area contributed by atoms with Crippen LogP contribution in [0.25, 0.3) is 21.5 Å². The van der Waals surface area contributed by atoms with Gasteiger partial charge in [0.1, 0.15) is 10.8 Å². The maximum absolute atomic E-state index is 13.0. The highest BCUT2D eigenvalue weighted by Crippen LogP contribution is 2.32. The largest absolute Gasteiger partial charge is 0.494 e. The monoisotopic (exact) mass is 495 g/mol. The van der Waals surface area contributed by atoms with Crippen molar-refractivity contribution in [1.82, 2.24) is 14.9 Å². The zero-order valence-electron chi connectivity index (χ0n) is 17.2. The van der Waals surface area contributed by atoms with E-state index in [0.717, 1.165) is 45.0 Å². The lowest BCUT2D eigenvalue weighted by atomic mass is 10.0. The third-order valence-electron chi connectivity index (χ3n) is 5.61. The van der Waals surface area contributed by atoms with Gasteiger partial charge in [0.25, 0.3) is 0 Å². The smallest absolute Gasteiger partial charge is 0.228 e. The summed E-state index contributed by atoms with van der Waals surface area (Å²) >= 11 is 5.19. The van der Waals surface area contributed by atoms with E-state index in [1.54, 1.807) is 11.3 Å². The number of halogens is 1. The molecule has 1 N–H and O–H groups in total. The van der Waals surface area contributed by atoms with Gasteiger partial charge in [0.15, 0.2) is 0 Å². The standard InChI is InChI=1S/C24H22BrN3O2S/c1-2-30-17-8-6-15(7-9-17)24-26-16(14-31-24)12-22(29)28-11-10-21-19(13-28)18-4-3-5-20(25)23(18)27-21/h3-9,14,27H,2,10-13H2,1H3. The molecule has 0 saturated carbocycles. The van der Waals surface area contributed by atoms with Gasteiger partial charge in [-0.05, 0) is 53.2 Å². The van der Waals surface area contributed by atoms with E-state index in [1.807, 2.05) is 53.6 Å². The van der Waals surface area contributed by atoms with E-state index in [2.05, 4.69) is 27.0 Å². The van der Waals surface area contributed by atoms with Gasteiger partial charge in [0.2, 0.25) is 5.91 Å². The lowest BCUT2D eigenvalue weighted by molar-refractivity contribution is -0.131. The lowest BCUT2D eigenvalue weighted by Gasteiger charge is -2.27. The highest BCUT2D eigenvalue weighted by molar-refractivity contribution is 9.10. The molecule has 1 aliphatic rings. The summed E-state index contributed by atoms with van der Waals surface area (Å²) in [4.78, 5) is 23.2. The molecule has 2 aromatic carbocycles. The van der Waals surface area contributed by atoms with Gasteiger partial charge < -0.3 is 14.6 Å². The van der Waals surface area contributed by atoms with Crippen LogP contribution in [0.1, 0.15) is 23.9 Å². The molecule has 4 aromatic rings. The molecule has 0 aliphatic carbocycles. The van der Waals surface area contributed by atoms with Gasteiger partial charge in [-0.1, -0.05) is 12.1 Å². The van der Waals surface area contributed by atoms with Crippen LogP contribution in [0.15, 0.2) is 52.3 Å². The van der Waals surface area contributed by atoms with Crippen molar-refractivity contribution in [2.75, 3.05) is 13.2 Å². The van der Waals surface area contributed by atoms with Gasteiger partial charge in [-0.3, -0.25) is 4.79 Å². The fourth-order valence-electron chi connectivity index (χ4n) is 4.06. The molecule has 0 spiro atoms. The Labute approximate surface area is 193 Å². The van der Waals surface area contributed by atoms with Gasteiger partial charge in [-0.15, -0.1) is 11.3 Å². The number of ether oxygens (including phenoxy) is 1. The number of nitrogens with one attached hydrogen (secondary N) is 1. The first-order valence-corrected chi connectivity index (χ1v) is 12.0. The van der Waals surface area contributed by atoms with Crippen molar-refractivity contribution in [2.24, 2.45) is 0 Å². The molecule has 3 heterocycles. The summed E-state index contributed by atoms with van der Waals surface area (Å²) in [6, 6.07) is 14.1. The predicted octanol–water partition coefficient (Wildman–Crippen LogP) is 5.58. The Balaban J connectivity index is 1.29. The molecule has 1 aliphatic heterocycles. The number of para-hydroxylation sites is 1. The van der Waals surface area contributed by atoms with Crippen molar-refractivity contribution in [2.45, 2.75) is 26.3 Å². The number of rotatable bonds is 5. The average molecular weight is 496 g/mol. The molecule has 0 radical (unpaired) electrons. The second kappa shape index (κ2) is 8.48. The molecule has 0 bridgehead atoms. The van der Waals surface area contributed by atoms with E-state index in [1.165, 1.54) is 16.6 Å². The second-order valence-corrected chi connectivity index (χ2v) is 9.30. The molecule has 5 rings (SSSR count). The molecule has 31 heavy (non-hydrogen) atoms. The maximum atomic E-state index is 13.0. The van der Waals surface area contributed by atoms with Crippen LogP contribution in [0.4, 0.5) is 0 Å². The third kappa shape index (κ3) is 4.00. The van der Waals surface area contributed by atoms with Crippen LogP contribution < -0.4 is 4.74 Å². The Morgan fingerprint density at radius 3 is 2.90 bits per heavy atom. The number of fused-ring (bicyclic) bond motifs is 3. The predicted molar refractivity (Wildman–Crippen MR) is 128 cm³/mol. The van der Waals surface area contributed by atoms with E-state index in [0.29, 0.717) is 19.6 Å². The molecule has 0 saturated heterocycles. The number of thiazole rings is 1. The second-order valence-electron chi connectivity index (χ2n) is 7.59.